The van der Waals surface area contributed by atoms with Crippen LogP contribution >= 0.6 is 0 Å². The molecule has 2 heterocycles. The largest absolute Gasteiger partial charge is 0.378 e. The summed E-state index contributed by atoms with van der Waals surface area (Å²) in [6.45, 7) is 7.11. The Morgan fingerprint density at radius 2 is 2.20 bits per heavy atom. The SMILES string of the molecule is CC(C)COC[C@@H]1CC[C@H]2NCC[C@H]2O1. The lowest BCUT2D eigenvalue weighted by Crippen LogP contribution is -2.41. The topological polar surface area (TPSA) is 30.5 Å². The van der Waals surface area contributed by atoms with E-state index in [0.29, 0.717) is 24.2 Å². The van der Waals surface area contributed by atoms with Gasteiger partial charge in [0, 0.05) is 12.6 Å². The molecule has 0 radical (unpaired) electrons. The van der Waals surface area contributed by atoms with E-state index in [2.05, 4.69) is 19.2 Å². The molecule has 2 saturated heterocycles. The maximum Gasteiger partial charge on any atom is 0.0813 e. The third-order valence-corrected chi connectivity index (χ3v) is 3.21. The molecule has 0 aromatic rings. The lowest BCUT2D eigenvalue weighted by molar-refractivity contribution is -0.0906. The number of nitrogens with one attached hydrogen (secondary N) is 1. The molecule has 1 N–H and O–H groups in total. The first-order valence-corrected chi connectivity index (χ1v) is 6.22. The predicted octanol–water partition coefficient (Wildman–Crippen LogP) is 1.57. The molecule has 3 nitrogen and oxygen atoms in total. The van der Waals surface area contributed by atoms with Gasteiger partial charge in [0.25, 0.3) is 0 Å². The van der Waals surface area contributed by atoms with Gasteiger partial charge in [-0.15, -0.1) is 0 Å². The van der Waals surface area contributed by atoms with Crippen molar-refractivity contribution in [1.82, 2.24) is 5.32 Å². The molecular weight excluding hydrogens is 190 g/mol. The molecule has 3 atom stereocenters. The Bertz CT molecular complexity index is 196. The van der Waals surface area contributed by atoms with Crippen molar-refractivity contribution >= 4 is 0 Å². The van der Waals surface area contributed by atoms with Gasteiger partial charge >= 0.3 is 0 Å². The molecule has 2 aliphatic rings. The van der Waals surface area contributed by atoms with Gasteiger partial charge in [0.2, 0.25) is 0 Å². The molecule has 0 bridgehead atoms. The second-order valence-corrected chi connectivity index (χ2v) is 5.15. The zero-order chi connectivity index (χ0) is 10.7. The Labute approximate surface area is 92.5 Å². The maximum absolute atomic E-state index is 6.00. The van der Waals surface area contributed by atoms with Gasteiger partial charge in [0.05, 0.1) is 18.8 Å². The fourth-order valence-electron chi connectivity index (χ4n) is 2.43. The van der Waals surface area contributed by atoms with Gasteiger partial charge in [-0.1, -0.05) is 13.8 Å². The summed E-state index contributed by atoms with van der Waals surface area (Å²) in [6, 6.07) is 0.617. The van der Waals surface area contributed by atoms with Crippen LogP contribution in [0.4, 0.5) is 0 Å². The second kappa shape index (κ2) is 5.28. The summed E-state index contributed by atoms with van der Waals surface area (Å²) in [7, 11) is 0. The standard InChI is InChI=1S/C12H23NO2/c1-9(2)7-14-8-10-3-4-11-12(15-10)5-6-13-11/h9-13H,3-8H2,1-2H3/t10-,11+,12+/m0/s1. The van der Waals surface area contributed by atoms with Crippen molar-refractivity contribution in [2.24, 2.45) is 5.92 Å². The van der Waals surface area contributed by atoms with Crippen molar-refractivity contribution in [2.45, 2.75) is 51.4 Å². The number of fused-ring (bicyclic) bond motifs is 1. The van der Waals surface area contributed by atoms with E-state index in [4.69, 9.17) is 9.47 Å². The summed E-state index contributed by atoms with van der Waals surface area (Å²) in [5.41, 5.74) is 0. The van der Waals surface area contributed by atoms with Crippen LogP contribution < -0.4 is 5.32 Å². The number of hydrogen-bond acceptors (Lipinski definition) is 3. The predicted molar refractivity (Wildman–Crippen MR) is 60.0 cm³/mol. The lowest BCUT2D eigenvalue weighted by atomic mass is 10.0. The lowest BCUT2D eigenvalue weighted by Gasteiger charge is -2.32. The third-order valence-electron chi connectivity index (χ3n) is 3.21. The Morgan fingerprint density at radius 3 is 3.00 bits per heavy atom. The summed E-state index contributed by atoms with van der Waals surface area (Å²) in [5.74, 6) is 0.620. The minimum Gasteiger partial charge on any atom is -0.378 e. The molecular formula is C12H23NO2. The summed E-state index contributed by atoms with van der Waals surface area (Å²) < 4.78 is 11.6. The van der Waals surface area contributed by atoms with E-state index in [1.165, 1.54) is 12.8 Å². The highest BCUT2D eigenvalue weighted by atomic mass is 16.5. The molecule has 0 aliphatic carbocycles. The minimum absolute atomic E-state index is 0.338. The van der Waals surface area contributed by atoms with Gasteiger partial charge in [0.1, 0.15) is 0 Å². The van der Waals surface area contributed by atoms with E-state index in [0.717, 1.165) is 26.2 Å². The first-order valence-electron chi connectivity index (χ1n) is 6.22. The van der Waals surface area contributed by atoms with E-state index in [9.17, 15) is 0 Å². The van der Waals surface area contributed by atoms with Gasteiger partial charge in [-0.25, -0.2) is 0 Å². The Hall–Kier alpha value is -0.120. The van der Waals surface area contributed by atoms with Gasteiger partial charge in [-0.2, -0.15) is 0 Å². The van der Waals surface area contributed by atoms with Crippen LogP contribution in [0.2, 0.25) is 0 Å². The van der Waals surface area contributed by atoms with E-state index < -0.39 is 0 Å². The molecule has 2 rings (SSSR count). The fourth-order valence-corrected chi connectivity index (χ4v) is 2.43. The van der Waals surface area contributed by atoms with Gasteiger partial charge < -0.3 is 14.8 Å². The fraction of sp³-hybridized carbons (Fsp3) is 1.00. The number of hydrogen-bond donors (Lipinski definition) is 1. The molecule has 0 saturated carbocycles. The number of rotatable bonds is 4. The van der Waals surface area contributed by atoms with Crippen LogP contribution in [0.5, 0.6) is 0 Å². The van der Waals surface area contributed by atoms with Crippen molar-refractivity contribution in [2.75, 3.05) is 19.8 Å². The van der Waals surface area contributed by atoms with Crippen molar-refractivity contribution in [3.05, 3.63) is 0 Å². The summed E-state index contributed by atoms with van der Waals surface area (Å²) in [5, 5.41) is 3.49. The Kier molecular flexibility index (Phi) is 4.00. The van der Waals surface area contributed by atoms with Crippen LogP contribution in [0.1, 0.15) is 33.1 Å². The Morgan fingerprint density at radius 1 is 1.33 bits per heavy atom. The Balaban J connectivity index is 1.66. The zero-order valence-electron chi connectivity index (χ0n) is 9.87. The van der Waals surface area contributed by atoms with Crippen molar-refractivity contribution in [1.29, 1.82) is 0 Å². The average Bonchev–Trinajstić information content (AvgIpc) is 2.64. The molecule has 0 amide bonds. The summed E-state index contributed by atoms with van der Waals surface area (Å²) >= 11 is 0. The average molecular weight is 213 g/mol. The first-order chi connectivity index (χ1) is 7.25. The van der Waals surface area contributed by atoms with Gasteiger partial charge in [0.15, 0.2) is 0 Å². The summed E-state index contributed by atoms with van der Waals surface area (Å²) in [4.78, 5) is 0. The van der Waals surface area contributed by atoms with E-state index in [-0.39, 0.29) is 0 Å². The minimum atomic E-state index is 0.338. The number of ether oxygens (including phenoxy) is 2. The van der Waals surface area contributed by atoms with E-state index in [1.807, 2.05) is 0 Å². The molecule has 0 spiro atoms. The highest BCUT2D eigenvalue weighted by Gasteiger charge is 2.34. The quantitative estimate of drug-likeness (QED) is 0.769. The van der Waals surface area contributed by atoms with Gasteiger partial charge in [-0.05, 0) is 31.7 Å². The van der Waals surface area contributed by atoms with E-state index in [1.54, 1.807) is 0 Å². The first kappa shape index (κ1) is 11.4. The van der Waals surface area contributed by atoms with Crippen molar-refractivity contribution in [3.63, 3.8) is 0 Å². The molecule has 3 heteroatoms. The van der Waals surface area contributed by atoms with Crippen molar-refractivity contribution in [3.8, 4) is 0 Å². The molecule has 88 valence electrons. The van der Waals surface area contributed by atoms with Crippen LogP contribution in [0.15, 0.2) is 0 Å². The third kappa shape index (κ3) is 3.16. The van der Waals surface area contributed by atoms with Crippen LogP contribution in [0.3, 0.4) is 0 Å². The normalized spacial score (nSPS) is 35.8. The highest BCUT2D eigenvalue weighted by Crippen LogP contribution is 2.25. The van der Waals surface area contributed by atoms with E-state index >= 15 is 0 Å². The van der Waals surface area contributed by atoms with Crippen LogP contribution in [0.25, 0.3) is 0 Å². The zero-order valence-corrected chi connectivity index (χ0v) is 9.87. The highest BCUT2D eigenvalue weighted by molar-refractivity contribution is 4.89. The molecule has 15 heavy (non-hydrogen) atoms. The smallest absolute Gasteiger partial charge is 0.0813 e. The molecule has 2 fully saturated rings. The second-order valence-electron chi connectivity index (χ2n) is 5.15. The van der Waals surface area contributed by atoms with Crippen LogP contribution in [-0.4, -0.2) is 38.0 Å². The molecule has 2 aliphatic heterocycles. The van der Waals surface area contributed by atoms with Gasteiger partial charge in [-0.3, -0.25) is 0 Å². The van der Waals surface area contributed by atoms with Crippen LogP contribution in [-0.2, 0) is 9.47 Å². The van der Waals surface area contributed by atoms with Crippen LogP contribution in [0, 0.1) is 5.92 Å². The van der Waals surface area contributed by atoms with Crippen molar-refractivity contribution < 1.29 is 9.47 Å². The molecule has 0 unspecified atom stereocenters. The monoisotopic (exact) mass is 213 g/mol. The maximum atomic E-state index is 6.00. The molecule has 0 aromatic carbocycles. The summed E-state index contributed by atoms with van der Waals surface area (Å²) in [6.07, 6.45) is 4.36. The molecule has 0 aromatic heterocycles.